The van der Waals surface area contributed by atoms with Crippen LogP contribution in [0.1, 0.15) is 31.1 Å². The number of carbonyl (C=O) groups excluding carboxylic acids is 1. The summed E-state index contributed by atoms with van der Waals surface area (Å²) < 4.78 is 0. The van der Waals surface area contributed by atoms with Gasteiger partial charge < -0.3 is 15.7 Å². The second kappa shape index (κ2) is 5.73. The summed E-state index contributed by atoms with van der Waals surface area (Å²) in [5.41, 5.74) is 0.670. The molecule has 1 rings (SSSR count). The molecular weight excluding hydrogens is 244 g/mol. The van der Waals surface area contributed by atoms with E-state index in [1.807, 2.05) is 20.8 Å². The summed E-state index contributed by atoms with van der Waals surface area (Å²) >= 11 is 0. The van der Waals surface area contributed by atoms with Crippen LogP contribution >= 0.6 is 0 Å². The molecule has 0 saturated heterocycles. The van der Waals surface area contributed by atoms with E-state index in [0.717, 1.165) is 0 Å². The molecule has 0 radical (unpaired) electrons. The SMILES string of the molecule is CNC(=O)c1cccc(NC(C(=O)O)C(C)(C)C)c1. The van der Waals surface area contributed by atoms with Crippen molar-refractivity contribution in [1.29, 1.82) is 0 Å². The summed E-state index contributed by atoms with van der Waals surface area (Å²) in [5.74, 6) is -1.12. The number of aliphatic carboxylic acids is 1. The van der Waals surface area contributed by atoms with Gasteiger partial charge in [-0.15, -0.1) is 0 Å². The van der Waals surface area contributed by atoms with Crippen LogP contribution in [0, 0.1) is 5.41 Å². The third kappa shape index (κ3) is 3.98. The van der Waals surface area contributed by atoms with Crippen molar-refractivity contribution in [3.63, 3.8) is 0 Å². The minimum Gasteiger partial charge on any atom is -0.480 e. The molecule has 1 aromatic carbocycles. The summed E-state index contributed by atoms with van der Waals surface area (Å²) in [6.45, 7) is 5.55. The van der Waals surface area contributed by atoms with Gasteiger partial charge in [0, 0.05) is 18.3 Å². The Kier molecular flexibility index (Phi) is 4.53. The molecule has 0 aromatic heterocycles. The smallest absolute Gasteiger partial charge is 0.326 e. The van der Waals surface area contributed by atoms with Crippen LogP contribution in [0.5, 0.6) is 0 Å². The maximum Gasteiger partial charge on any atom is 0.326 e. The summed E-state index contributed by atoms with van der Waals surface area (Å²) in [6.07, 6.45) is 0. The van der Waals surface area contributed by atoms with E-state index in [1.165, 1.54) is 0 Å². The van der Waals surface area contributed by atoms with Crippen LogP contribution in [0.4, 0.5) is 5.69 Å². The molecule has 0 aliphatic heterocycles. The number of rotatable bonds is 4. The Morgan fingerprint density at radius 1 is 1.26 bits per heavy atom. The predicted molar refractivity (Wildman–Crippen MR) is 74.3 cm³/mol. The van der Waals surface area contributed by atoms with Crippen LogP contribution in [0.25, 0.3) is 0 Å². The lowest BCUT2D eigenvalue weighted by atomic mass is 9.86. The molecule has 1 amide bonds. The molecular formula is C14H20N2O3. The summed E-state index contributed by atoms with van der Waals surface area (Å²) in [4.78, 5) is 22.8. The Bertz CT molecular complexity index is 478. The lowest BCUT2D eigenvalue weighted by molar-refractivity contribution is -0.140. The van der Waals surface area contributed by atoms with Crippen molar-refractivity contribution >= 4 is 17.6 Å². The number of carboxylic acid groups (broad SMARTS) is 1. The van der Waals surface area contributed by atoms with Crippen LogP contribution in [-0.4, -0.2) is 30.1 Å². The number of hydrogen-bond acceptors (Lipinski definition) is 3. The molecule has 0 fully saturated rings. The second-order valence-corrected chi connectivity index (χ2v) is 5.44. The molecule has 1 atom stereocenters. The molecule has 0 heterocycles. The fraction of sp³-hybridized carbons (Fsp3) is 0.429. The minimum atomic E-state index is -0.919. The van der Waals surface area contributed by atoms with Crippen LogP contribution in [0.2, 0.25) is 0 Å². The molecule has 5 heteroatoms. The number of hydrogen-bond donors (Lipinski definition) is 3. The standard InChI is InChI=1S/C14H20N2O3/c1-14(2,3)11(13(18)19)16-10-7-5-6-9(8-10)12(17)15-4/h5-8,11,16H,1-4H3,(H,15,17)(H,18,19). The first kappa shape index (κ1) is 15.0. The van der Waals surface area contributed by atoms with Crippen molar-refractivity contribution in [2.75, 3.05) is 12.4 Å². The van der Waals surface area contributed by atoms with E-state index in [9.17, 15) is 14.7 Å². The largest absolute Gasteiger partial charge is 0.480 e. The third-order valence-electron chi connectivity index (χ3n) is 2.78. The van der Waals surface area contributed by atoms with Crippen LogP contribution in [0.15, 0.2) is 24.3 Å². The quantitative estimate of drug-likeness (QED) is 0.776. The number of carboxylic acids is 1. The molecule has 0 saturated carbocycles. The normalized spacial score (nSPS) is 12.6. The van der Waals surface area contributed by atoms with E-state index in [2.05, 4.69) is 10.6 Å². The fourth-order valence-electron chi connectivity index (χ4n) is 1.71. The van der Waals surface area contributed by atoms with Crippen molar-refractivity contribution in [3.05, 3.63) is 29.8 Å². The van der Waals surface area contributed by atoms with Gasteiger partial charge in [-0.2, -0.15) is 0 Å². The van der Waals surface area contributed by atoms with E-state index < -0.39 is 17.4 Å². The van der Waals surface area contributed by atoms with E-state index in [-0.39, 0.29) is 5.91 Å². The summed E-state index contributed by atoms with van der Waals surface area (Å²) in [7, 11) is 1.55. The van der Waals surface area contributed by atoms with E-state index in [0.29, 0.717) is 11.3 Å². The first-order valence-electron chi connectivity index (χ1n) is 6.07. The molecule has 0 aliphatic carbocycles. The van der Waals surface area contributed by atoms with Gasteiger partial charge in [-0.3, -0.25) is 4.79 Å². The van der Waals surface area contributed by atoms with Crippen LogP contribution in [0.3, 0.4) is 0 Å². The van der Waals surface area contributed by atoms with Gasteiger partial charge in [0.15, 0.2) is 0 Å². The highest BCUT2D eigenvalue weighted by atomic mass is 16.4. The van der Waals surface area contributed by atoms with Crippen LogP contribution < -0.4 is 10.6 Å². The zero-order valence-electron chi connectivity index (χ0n) is 11.7. The molecule has 104 valence electrons. The maximum absolute atomic E-state index is 11.5. The Hall–Kier alpha value is -2.04. The average Bonchev–Trinajstić information content (AvgIpc) is 2.33. The average molecular weight is 264 g/mol. The minimum absolute atomic E-state index is 0.203. The van der Waals surface area contributed by atoms with Crippen molar-refractivity contribution < 1.29 is 14.7 Å². The van der Waals surface area contributed by atoms with Gasteiger partial charge in [0.1, 0.15) is 6.04 Å². The highest BCUT2D eigenvalue weighted by molar-refractivity contribution is 5.95. The van der Waals surface area contributed by atoms with Gasteiger partial charge in [0.05, 0.1) is 0 Å². The van der Waals surface area contributed by atoms with Gasteiger partial charge in [0.2, 0.25) is 0 Å². The highest BCUT2D eigenvalue weighted by Gasteiger charge is 2.31. The number of benzene rings is 1. The summed E-state index contributed by atoms with van der Waals surface area (Å²) in [5, 5.41) is 14.7. The van der Waals surface area contributed by atoms with Gasteiger partial charge in [-0.1, -0.05) is 26.8 Å². The Labute approximate surface area is 113 Å². The van der Waals surface area contributed by atoms with E-state index in [1.54, 1.807) is 31.3 Å². The van der Waals surface area contributed by atoms with E-state index >= 15 is 0 Å². The molecule has 0 bridgehead atoms. The number of amides is 1. The van der Waals surface area contributed by atoms with Crippen LogP contribution in [-0.2, 0) is 4.79 Å². The first-order chi connectivity index (χ1) is 8.75. The lowest BCUT2D eigenvalue weighted by Gasteiger charge is -2.28. The maximum atomic E-state index is 11.5. The molecule has 0 spiro atoms. The van der Waals surface area contributed by atoms with Crippen molar-refractivity contribution in [2.24, 2.45) is 5.41 Å². The number of nitrogens with one attached hydrogen (secondary N) is 2. The Morgan fingerprint density at radius 3 is 2.37 bits per heavy atom. The monoisotopic (exact) mass is 264 g/mol. The predicted octanol–water partition coefficient (Wildman–Crippen LogP) is 1.96. The molecule has 19 heavy (non-hydrogen) atoms. The highest BCUT2D eigenvalue weighted by Crippen LogP contribution is 2.24. The molecule has 1 aromatic rings. The number of carbonyl (C=O) groups is 2. The third-order valence-corrected chi connectivity index (χ3v) is 2.78. The van der Waals surface area contributed by atoms with Gasteiger partial charge in [-0.05, 0) is 23.6 Å². The Morgan fingerprint density at radius 2 is 1.89 bits per heavy atom. The zero-order valence-corrected chi connectivity index (χ0v) is 11.7. The summed E-state index contributed by atoms with van der Waals surface area (Å²) in [6, 6.07) is 6.05. The molecule has 3 N–H and O–H groups in total. The Balaban J connectivity index is 2.98. The van der Waals surface area contributed by atoms with Crippen molar-refractivity contribution in [2.45, 2.75) is 26.8 Å². The molecule has 1 unspecified atom stereocenters. The second-order valence-electron chi connectivity index (χ2n) is 5.44. The van der Waals surface area contributed by atoms with Gasteiger partial charge in [-0.25, -0.2) is 4.79 Å². The van der Waals surface area contributed by atoms with Gasteiger partial charge in [0.25, 0.3) is 5.91 Å². The van der Waals surface area contributed by atoms with Gasteiger partial charge >= 0.3 is 5.97 Å². The topological polar surface area (TPSA) is 78.4 Å². The van der Waals surface area contributed by atoms with E-state index in [4.69, 9.17) is 0 Å². The molecule has 0 aliphatic rings. The lowest BCUT2D eigenvalue weighted by Crippen LogP contribution is -2.41. The molecule has 5 nitrogen and oxygen atoms in total. The van der Waals surface area contributed by atoms with Crippen molar-refractivity contribution in [3.8, 4) is 0 Å². The number of anilines is 1. The first-order valence-corrected chi connectivity index (χ1v) is 6.07. The fourth-order valence-corrected chi connectivity index (χ4v) is 1.71. The van der Waals surface area contributed by atoms with Crippen molar-refractivity contribution in [1.82, 2.24) is 5.32 Å². The zero-order chi connectivity index (χ0) is 14.6.